The SMILES string of the molecule is N[C@@H](C(=O)Cl)[C@@H](O)CO. The van der Waals surface area contributed by atoms with Gasteiger partial charge in [-0.3, -0.25) is 4.79 Å². The highest BCUT2D eigenvalue weighted by atomic mass is 35.5. The molecule has 0 aromatic carbocycles. The van der Waals surface area contributed by atoms with E-state index in [9.17, 15) is 4.79 Å². The van der Waals surface area contributed by atoms with Crippen LogP contribution in [-0.2, 0) is 4.79 Å². The first-order valence-corrected chi connectivity index (χ1v) is 2.71. The Morgan fingerprint density at radius 1 is 1.78 bits per heavy atom. The average molecular weight is 154 g/mol. The monoisotopic (exact) mass is 153 g/mol. The number of nitrogens with two attached hydrogens (primary N) is 1. The van der Waals surface area contributed by atoms with Crippen LogP contribution < -0.4 is 5.73 Å². The van der Waals surface area contributed by atoms with E-state index in [1.54, 1.807) is 0 Å². The Morgan fingerprint density at radius 2 is 2.22 bits per heavy atom. The normalized spacial score (nSPS) is 16.9. The van der Waals surface area contributed by atoms with Crippen LogP contribution in [0.2, 0.25) is 0 Å². The van der Waals surface area contributed by atoms with Gasteiger partial charge >= 0.3 is 0 Å². The molecule has 0 rings (SSSR count). The molecule has 9 heavy (non-hydrogen) atoms. The first-order chi connectivity index (χ1) is 4.09. The number of hydrogen-bond donors (Lipinski definition) is 3. The van der Waals surface area contributed by atoms with E-state index in [1.165, 1.54) is 0 Å². The van der Waals surface area contributed by atoms with Gasteiger partial charge in [0, 0.05) is 0 Å². The Bertz CT molecular complexity index is 108. The third kappa shape index (κ3) is 2.76. The molecule has 5 heteroatoms. The van der Waals surface area contributed by atoms with Crippen molar-refractivity contribution in [2.24, 2.45) is 5.73 Å². The van der Waals surface area contributed by atoms with Crippen molar-refractivity contribution in [3.05, 3.63) is 0 Å². The van der Waals surface area contributed by atoms with E-state index in [0.29, 0.717) is 0 Å². The number of aliphatic hydroxyl groups is 2. The molecule has 0 saturated heterocycles. The fourth-order valence-electron chi connectivity index (χ4n) is 0.265. The molecular weight excluding hydrogens is 146 g/mol. The maximum atomic E-state index is 10.1. The van der Waals surface area contributed by atoms with Crippen molar-refractivity contribution in [2.75, 3.05) is 6.61 Å². The minimum Gasteiger partial charge on any atom is -0.394 e. The number of rotatable bonds is 3. The van der Waals surface area contributed by atoms with Gasteiger partial charge in [0.15, 0.2) is 0 Å². The van der Waals surface area contributed by atoms with Gasteiger partial charge in [-0.05, 0) is 11.6 Å². The van der Waals surface area contributed by atoms with Crippen LogP contribution in [0, 0.1) is 0 Å². The predicted octanol–water partition coefficient (Wildman–Crippen LogP) is -1.57. The van der Waals surface area contributed by atoms with Gasteiger partial charge in [-0.1, -0.05) is 0 Å². The Hall–Kier alpha value is -0.160. The first kappa shape index (κ1) is 8.84. The molecule has 54 valence electrons. The van der Waals surface area contributed by atoms with Crippen LogP contribution in [0.4, 0.5) is 0 Å². The highest BCUT2D eigenvalue weighted by Gasteiger charge is 2.19. The summed E-state index contributed by atoms with van der Waals surface area (Å²) in [6.45, 7) is -0.556. The fourth-order valence-corrected chi connectivity index (χ4v) is 0.410. The van der Waals surface area contributed by atoms with Gasteiger partial charge in [-0.2, -0.15) is 0 Å². The summed E-state index contributed by atoms with van der Waals surface area (Å²) >= 11 is 4.87. The molecular formula is C4H8ClNO3. The summed E-state index contributed by atoms with van der Waals surface area (Å²) in [7, 11) is 0. The Balaban J connectivity index is 3.72. The summed E-state index contributed by atoms with van der Waals surface area (Å²) in [5.41, 5.74) is 4.98. The third-order valence-corrected chi connectivity index (χ3v) is 1.12. The molecule has 0 spiro atoms. The number of carbonyl (C=O) groups is 1. The van der Waals surface area contributed by atoms with Gasteiger partial charge in [0.1, 0.15) is 12.1 Å². The summed E-state index contributed by atoms with van der Waals surface area (Å²) in [5, 5.41) is 16.0. The van der Waals surface area contributed by atoms with Gasteiger partial charge < -0.3 is 15.9 Å². The zero-order valence-electron chi connectivity index (χ0n) is 4.62. The molecule has 0 unspecified atom stereocenters. The van der Waals surface area contributed by atoms with E-state index in [1.807, 2.05) is 0 Å². The maximum Gasteiger partial charge on any atom is 0.241 e. The lowest BCUT2D eigenvalue weighted by molar-refractivity contribution is -0.115. The number of aliphatic hydroxyl groups excluding tert-OH is 2. The van der Waals surface area contributed by atoms with Crippen molar-refractivity contribution in [2.45, 2.75) is 12.1 Å². The minimum atomic E-state index is -1.25. The zero-order valence-corrected chi connectivity index (χ0v) is 5.38. The van der Waals surface area contributed by atoms with Crippen molar-refractivity contribution in [3.8, 4) is 0 Å². The maximum absolute atomic E-state index is 10.1. The summed E-state index contributed by atoms with van der Waals surface area (Å²) in [5.74, 6) is 0. The number of halogens is 1. The van der Waals surface area contributed by atoms with Crippen molar-refractivity contribution in [1.82, 2.24) is 0 Å². The van der Waals surface area contributed by atoms with Crippen molar-refractivity contribution >= 4 is 16.8 Å². The molecule has 4 nitrogen and oxygen atoms in total. The second-order valence-corrected chi connectivity index (χ2v) is 1.95. The molecule has 4 N–H and O–H groups in total. The quantitative estimate of drug-likeness (QED) is 0.428. The van der Waals surface area contributed by atoms with E-state index >= 15 is 0 Å². The average Bonchev–Trinajstić information content (AvgIpc) is 1.84. The molecule has 0 aromatic heterocycles. The minimum absolute atomic E-state index is 0.556. The van der Waals surface area contributed by atoms with Crippen LogP contribution in [0.3, 0.4) is 0 Å². The highest BCUT2D eigenvalue weighted by molar-refractivity contribution is 6.64. The van der Waals surface area contributed by atoms with Crippen LogP contribution in [0.15, 0.2) is 0 Å². The Labute approximate surface area is 57.2 Å². The van der Waals surface area contributed by atoms with Gasteiger partial charge in [0.2, 0.25) is 5.24 Å². The largest absolute Gasteiger partial charge is 0.394 e. The molecule has 2 atom stereocenters. The number of hydrogen-bond acceptors (Lipinski definition) is 4. The molecule has 0 aliphatic carbocycles. The van der Waals surface area contributed by atoms with Crippen molar-refractivity contribution < 1.29 is 15.0 Å². The third-order valence-electron chi connectivity index (χ3n) is 0.864. The van der Waals surface area contributed by atoms with Gasteiger partial charge in [0.25, 0.3) is 0 Å². The Kier molecular flexibility index (Phi) is 3.72. The zero-order chi connectivity index (χ0) is 7.44. The standard InChI is InChI=1S/C4H8ClNO3/c5-4(9)3(6)2(8)1-7/h2-3,7-8H,1,6H2/t2-,3+/m0/s1. The lowest BCUT2D eigenvalue weighted by Crippen LogP contribution is -2.41. The van der Waals surface area contributed by atoms with E-state index in [2.05, 4.69) is 0 Å². The van der Waals surface area contributed by atoms with Crippen LogP contribution in [-0.4, -0.2) is 34.2 Å². The van der Waals surface area contributed by atoms with Gasteiger partial charge in [-0.25, -0.2) is 0 Å². The molecule has 0 saturated carbocycles. The van der Waals surface area contributed by atoms with Gasteiger partial charge in [0.05, 0.1) is 6.61 Å². The first-order valence-electron chi connectivity index (χ1n) is 2.33. The van der Waals surface area contributed by atoms with Crippen molar-refractivity contribution in [3.63, 3.8) is 0 Å². The topological polar surface area (TPSA) is 83.6 Å². The highest BCUT2D eigenvalue weighted by Crippen LogP contribution is 1.93. The van der Waals surface area contributed by atoms with Crippen LogP contribution in [0.25, 0.3) is 0 Å². The van der Waals surface area contributed by atoms with Crippen LogP contribution >= 0.6 is 11.6 Å². The molecule has 0 aromatic rings. The molecule has 0 heterocycles. The molecule has 0 aliphatic heterocycles. The lowest BCUT2D eigenvalue weighted by Gasteiger charge is -2.10. The van der Waals surface area contributed by atoms with E-state index in [0.717, 1.165) is 0 Å². The molecule has 0 amide bonds. The summed E-state index contributed by atoms with van der Waals surface area (Å²) < 4.78 is 0. The van der Waals surface area contributed by atoms with E-state index in [4.69, 9.17) is 27.5 Å². The molecule has 0 radical (unpaired) electrons. The summed E-state index contributed by atoms with van der Waals surface area (Å²) in [6, 6.07) is -1.18. The van der Waals surface area contributed by atoms with E-state index in [-0.39, 0.29) is 0 Å². The van der Waals surface area contributed by atoms with Gasteiger partial charge in [-0.15, -0.1) is 0 Å². The summed E-state index contributed by atoms with van der Waals surface area (Å²) in [4.78, 5) is 10.1. The van der Waals surface area contributed by atoms with Crippen molar-refractivity contribution in [1.29, 1.82) is 0 Å². The molecule has 0 aliphatic rings. The lowest BCUT2D eigenvalue weighted by atomic mass is 10.2. The summed E-state index contributed by atoms with van der Waals surface area (Å²) in [6.07, 6.45) is -1.25. The number of carbonyl (C=O) groups excluding carboxylic acids is 1. The van der Waals surface area contributed by atoms with Crippen LogP contribution in [0.5, 0.6) is 0 Å². The van der Waals surface area contributed by atoms with Crippen LogP contribution in [0.1, 0.15) is 0 Å². The molecule has 0 bridgehead atoms. The predicted molar refractivity (Wildman–Crippen MR) is 31.9 cm³/mol. The van der Waals surface area contributed by atoms with E-state index < -0.39 is 24.0 Å². The Morgan fingerprint density at radius 3 is 2.33 bits per heavy atom. The molecule has 0 fully saturated rings. The second kappa shape index (κ2) is 3.79. The second-order valence-electron chi connectivity index (χ2n) is 1.58. The smallest absolute Gasteiger partial charge is 0.241 e. The fraction of sp³-hybridized carbons (Fsp3) is 0.750.